The number of benzene rings is 2. The van der Waals surface area contributed by atoms with Gasteiger partial charge in [0.05, 0.1) is 5.69 Å². The molecule has 0 aliphatic heterocycles. The lowest BCUT2D eigenvalue weighted by Crippen LogP contribution is -2.16. The van der Waals surface area contributed by atoms with E-state index in [1.165, 1.54) is 22.1 Å². The van der Waals surface area contributed by atoms with Gasteiger partial charge in [0.1, 0.15) is 5.82 Å². The second-order valence-corrected chi connectivity index (χ2v) is 6.47. The van der Waals surface area contributed by atoms with Crippen molar-refractivity contribution in [1.82, 2.24) is 9.97 Å². The monoisotopic (exact) mass is 323 g/mol. The fraction of sp³-hybridized carbons (Fsp3) is 0.0909. The second kappa shape index (κ2) is 5.42. The number of nitrogen functional groups attached to an aromatic ring is 1. The number of aromatic nitrogens is 2. The molecule has 0 saturated carbocycles. The van der Waals surface area contributed by atoms with Gasteiger partial charge in [-0.15, -0.1) is 0 Å². The number of rotatable bonds is 1. The number of pyridine rings is 2. The first-order chi connectivity index (χ1) is 12.3. The van der Waals surface area contributed by atoms with Crippen molar-refractivity contribution < 1.29 is 0 Å². The van der Waals surface area contributed by atoms with Crippen molar-refractivity contribution in [2.75, 3.05) is 5.73 Å². The Bertz CT molecular complexity index is 1090. The third kappa shape index (κ3) is 2.13. The van der Waals surface area contributed by atoms with Crippen LogP contribution in [0.25, 0.3) is 22.0 Å². The molecule has 2 heterocycles. The van der Waals surface area contributed by atoms with Gasteiger partial charge in [0, 0.05) is 28.8 Å². The summed E-state index contributed by atoms with van der Waals surface area (Å²) in [5, 5.41) is 2.19. The fourth-order valence-corrected chi connectivity index (χ4v) is 3.95. The summed E-state index contributed by atoms with van der Waals surface area (Å²) in [5.41, 5.74) is 12.1. The van der Waals surface area contributed by atoms with Crippen molar-refractivity contribution >= 4 is 16.6 Å². The van der Waals surface area contributed by atoms with Crippen LogP contribution in [0.5, 0.6) is 0 Å². The SMILES string of the molecule is Nc1nc2c(c3ccccc13)C(c1ccccn1)Cc1ccccc1-2. The zero-order valence-corrected chi connectivity index (χ0v) is 13.7. The molecule has 1 unspecified atom stereocenters. The smallest absolute Gasteiger partial charge is 0.131 e. The molecule has 0 amide bonds. The van der Waals surface area contributed by atoms with Crippen LogP contribution in [0.1, 0.15) is 22.7 Å². The van der Waals surface area contributed by atoms with Crippen LogP contribution in [0, 0.1) is 0 Å². The van der Waals surface area contributed by atoms with Gasteiger partial charge in [0.25, 0.3) is 0 Å². The Morgan fingerprint density at radius 1 is 0.840 bits per heavy atom. The van der Waals surface area contributed by atoms with Gasteiger partial charge in [-0.2, -0.15) is 0 Å². The first-order valence-corrected chi connectivity index (χ1v) is 8.50. The average molecular weight is 323 g/mol. The number of nitrogens with two attached hydrogens (primary N) is 1. The number of nitrogens with zero attached hydrogens (tertiary/aromatic N) is 2. The van der Waals surface area contributed by atoms with Crippen molar-refractivity contribution in [3.05, 3.63) is 89.7 Å². The predicted octanol–water partition coefficient (Wildman–Crippen LogP) is 4.57. The quantitative estimate of drug-likeness (QED) is 0.558. The molecule has 5 rings (SSSR count). The Morgan fingerprint density at radius 2 is 1.60 bits per heavy atom. The third-order valence-electron chi connectivity index (χ3n) is 5.07. The standard InChI is InChI=1S/C22H17N3/c23-22-17-10-4-3-9-16(17)20-18(19-11-5-6-12-24-19)13-14-7-1-2-8-15(14)21(20)25-22/h1-12,18H,13H2,(H2,23,25). The molecule has 120 valence electrons. The van der Waals surface area contributed by atoms with E-state index in [0.717, 1.165) is 23.2 Å². The van der Waals surface area contributed by atoms with Crippen molar-refractivity contribution in [1.29, 1.82) is 0 Å². The van der Waals surface area contributed by atoms with E-state index in [4.69, 9.17) is 10.7 Å². The molecule has 1 aliphatic carbocycles. The molecule has 1 aliphatic rings. The zero-order valence-electron chi connectivity index (χ0n) is 13.7. The summed E-state index contributed by atoms with van der Waals surface area (Å²) in [7, 11) is 0. The fourth-order valence-electron chi connectivity index (χ4n) is 3.95. The van der Waals surface area contributed by atoms with Crippen LogP contribution in [0.3, 0.4) is 0 Å². The van der Waals surface area contributed by atoms with Crippen LogP contribution >= 0.6 is 0 Å². The first kappa shape index (κ1) is 14.2. The highest BCUT2D eigenvalue weighted by molar-refractivity contribution is 5.98. The van der Waals surface area contributed by atoms with Crippen LogP contribution in [0.15, 0.2) is 72.9 Å². The molecule has 2 aromatic heterocycles. The summed E-state index contributed by atoms with van der Waals surface area (Å²) in [6.45, 7) is 0. The van der Waals surface area contributed by atoms with Gasteiger partial charge < -0.3 is 5.73 Å². The molecule has 3 nitrogen and oxygen atoms in total. The molecule has 3 heteroatoms. The minimum absolute atomic E-state index is 0.184. The lowest BCUT2D eigenvalue weighted by Gasteiger charge is -2.28. The molecule has 0 bridgehead atoms. The molecule has 1 atom stereocenters. The molecule has 0 fully saturated rings. The van der Waals surface area contributed by atoms with E-state index in [1.54, 1.807) is 0 Å². The minimum atomic E-state index is 0.184. The molecule has 0 spiro atoms. The summed E-state index contributed by atoms with van der Waals surface area (Å²) in [5.74, 6) is 0.773. The van der Waals surface area contributed by atoms with Crippen molar-refractivity contribution in [3.63, 3.8) is 0 Å². The van der Waals surface area contributed by atoms with E-state index in [1.807, 2.05) is 24.4 Å². The first-order valence-electron chi connectivity index (χ1n) is 8.50. The average Bonchev–Trinajstić information content (AvgIpc) is 2.68. The lowest BCUT2D eigenvalue weighted by molar-refractivity contribution is 0.765. The normalized spacial score (nSPS) is 15.6. The largest absolute Gasteiger partial charge is 0.383 e. The van der Waals surface area contributed by atoms with E-state index < -0.39 is 0 Å². The molecule has 2 N–H and O–H groups in total. The molecular weight excluding hydrogens is 306 g/mol. The Hall–Kier alpha value is -3.20. The number of hydrogen-bond acceptors (Lipinski definition) is 3. The highest BCUT2D eigenvalue weighted by atomic mass is 14.9. The molecule has 4 aromatic rings. The van der Waals surface area contributed by atoms with Gasteiger partial charge in [-0.3, -0.25) is 4.98 Å². The Labute approximate surface area is 146 Å². The topological polar surface area (TPSA) is 51.8 Å². The molecule has 0 radical (unpaired) electrons. The van der Waals surface area contributed by atoms with Crippen molar-refractivity contribution in [2.45, 2.75) is 12.3 Å². The third-order valence-corrected chi connectivity index (χ3v) is 5.07. The Kier molecular flexibility index (Phi) is 3.07. The predicted molar refractivity (Wildman–Crippen MR) is 101 cm³/mol. The maximum absolute atomic E-state index is 6.29. The second-order valence-electron chi connectivity index (χ2n) is 6.47. The van der Waals surface area contributed by atoms with E-state index in [2.05, 4.69) is 53.5 Å². The maximum atomic E-state index is 6.29. The van der Waals surface area contributed by atoms with Gasteiger partial charge in [0.15, 0.2) is 0 Å². The number of hydrogen-bond donors (Lipinski definition) is 1. The molecule has 25 heavy (non-hydrogen) atoms. The van der Waals surface area contributed by atoms with Gasteiger partial charge >= 0.3 is 0 Å². The van der Waals surface area contributed by atoms with Crippen molar-refractivity contribution in [3.8, 4) is 11.3 Å². The highest BCUT2D eigenvalue weighted by Gasteiger charge is 2.30. The summed E-state index contributed by atoms with van der Waals surface area (Å²) in [4.78, 5) is 9.45. The number of anilines is 1. The van der Waals surface area contributed by atoms with Gasteiger partial charge in [-0.25, -0.2) is 4.98 Å². The highest BCUT2D eigenvalue weighted by Crippen LogP contribution is 2.45. The van der Waals surface area contributed by atoms with Gasteiger partial charge in [-0.05, 0) is 35.1 Å². The lowest BCUT2D eigenvalue weighted by atomic mass is 9.77. The summed E-state index contributed by atoms with van der Waals surface area (Å²) >= 11 is 0. The Balaban J connectivity index is 1.89. The number of fused-ring (bicyclic) bond motifs is 5. The minimum Gasteiger partial charge on any atom is -0.383 e. The van der Waals surface area contributed by atoms with E-state index in [9.17, 15) is 0 Å². The van der Waals surface area contributed by atoms with Crippen LogP contribution < -0.4 is 5.73 Å². The van der Waals surface area contributed by atoms with E-state index in [0.29, 0.717) is 5.82 Å². The van der Waals surface area contributed by atoms with Crippen LogP contribution in [0.4, 0.5) is 5.82 Å². The van der Waals surface area contributed by atoms with Crippen molar-refractivity contribution in [2.24, 2.45) is 0 Å². The summed E-state index contributed by atoms with van der Waals surface area (Å²) < 4.78 is 0. The van der Waals surface area contributed by atoms with Crippen LogP contribution in [-0.2, 0) is 6.42 Å². The molecular formula is C22H17N3. The van der Waals surface area contributed by atoms with Crippen LogP contribution in [0.2, 0.25) is 0 Å². The Morgan fingerprint density at radius 3 is 2.44 bits per heavy atom. The molecule has 0 saturated heterocycles. The molecule has 2 aromatic carbocycles. The summed E-state index contributed by atoms with van der Waals surface area (Å²) in [6, 6.07) is 22.9. The maximum Gasteiger partial charge on any atom is 0.131 e. The zero-order chi connectivity index (χ0) is 16.8. The van der Waals surface area contributed by atoms with E-state index in [-0.39, 0.29) is 5.92 Å². The van der Waals surface area contributed by atoms with Gasteiger partial charge in [0.2, 0.25) is 0 Å². The van der Waals surface area contributed by atoms with Gasteiger partial charge in [-0.1, -0.05) is 54.6 Å². The van der Waals surface area contributed by atoms with E-state index >= 15 is 0 Å². The van der Waals surface area contributed by atoms with Crippen LogP contribution in [-0.4, -0.2) is 9.97 Å². The summed E-state index contributed by atoms with van der Waals surface area (Å²) in [6.07, 6.45) is 2.79.